The van der Waals surface area contributed by atoms with Crippen LogP contribution in [0.2, 0.25) is 5.02 Å². The van der Waals surface area contributed by atoms with Gasteiger partial charge < -0.3 is 20.1 Å². The predicted octanol–water partition coefficient (Wildman–Crippen LogP) is 1.68. The number of nitrogens with one attached hydrogen (secondary N) is 1. The third-order valence-corrected chi connectivity index (χ3v) is 4.16. The van der Waals surface area contributed by atoms with E-state index in [0.717, 1.165) is 25.9 Å². The van der Waals surface area contributed by atoms with Gasteiger partial charge in [0.25, 0.3) is 5.91 Å². The quantitative estimate of drug-likeness (QED) is 0.824. The van der Waals surface area contributed by atoms with Crippen molar-refractivity contribution in [3.8, 4) is 0 Å². The number of hydrogen-bond acceptors (Lipinski definition) is 4. The molecule has 1 aromatic carbocycles. The maximum atomic E-state index is 13.7. The van der Waals surface area contributed by atoms with Crippen LogP contribution in [-0.4, -0.2) is 61.4 Å². The molecule has 0 spiro atoms. The first-order chi connectivity index (χ1) is 11.0. The molecule has 2 rings (SSSR count). The zero-order chi connectivity index (χ0) is 16.8. The molecule has 1 aliphatic rings. The fourth-order valence-corrected chi connectivity index (χ4v) is 2.91. The van der Waals surface area contributed by atoms with Crippen LogP contribution >= 0.6 is 11.6 Å². The van der Waals surface area contributed by atoms with Crippen LogP contribution in [0.3, 0.4) is 0 Å². The average Bonchev–Trinajstić information content (AvgIpc) is 2.52. The number of halogens is 2. The van der Waals surface area contributed by atoms with Gasteiger partial charge in [-0.3, -0.25) is 4.79 Å². The van der Waals surface area contributed by atoms with Gasteiger partial charge in [0.05, 0.1) is 18.3 Å². The van der Waals surface area contributed by atoms with Gasteiger partial charge >= 0.3 is 0 Å². The van der Waals surface area contributed by atoms with Gasteiger partial charge in [-0.2, -0.15) is 0 Å². The van der Waals surface area contributed by atoms with Gasteiger partial charge in [-0.1, -0.05) is 11.6 Å². The van der Waals surface area contributed by atoms with Crippen molar-refractivity contribution in [1.29, 1.82) is 0 Å². The third-order valence-electron chi connectivity index (χ3n) is 3.92. The van der Waals surface area contributed by atoms with E-state index in [2.05, 4.69) is 10.2 Å². The largest absolute Gasteiger partial charge is 0.389 e. The summed E-state index contributed by atoms with van der Waals surface area (Å²) in [5.74, 6) is -1.02. The smallest absolute Gasteiger partial charge is 0.254 e. The lowest BCUT2D eigenvalue weighted by Gasteiger charge is -2.33. The van der Waals surface area contributed by atoms with Crippen molar-refractivity contribution in [1.82, 2.24) is 10.2 Å². The highest BCUT2D eigenvalue weighted by Gasteiger charge is 2.23. The molecular weight excluding hydrogens is 323 g/mol. The van der Waals surface area contributed by atoms with Crippen molar-refractivity contribution in [2.75, 3.05) is 33.4 Å². The summed E-state index contributed by atoms with van der Waals surface area (Å²) in [6.45, 7) is 2.40. The van der Waals surface area contributed by atoms with Crippen LogP contribution in [0.1, 0.15) is 23.2 Å². The number of benzene rings is 1. The average molecular weight is 345 g/mol. The number of carbonyl (C=O) groups is 1. The summed E-state index contributed by atoms with van der Waals surface area (Å²) < 4.78 is 18.6. The van der Waals surface area contributed by atoms with Crippen molar-refractivity contribution in [2.45, 2.75) is 25.0 Å². The Balaban J connectivity index is 1.82. The zero-order valence-corrected chi connectivity index (χ0v) is 13.9. The van der Waals surface area contributed by atoms with Crippen molar-refractivity contribution in [3.05, 3.63) is 34.6 Å². The van der Waals surface area contributed by atoms with Gasteiger partial charge in [-0.25, -0.2) is 4.39 Å². The molecule has 1 aromatic rings. The van der Waals surface area contributed by atoms with E-state index in [1.165, 1.54) is 18.2 Å². The van der Waals surface area contributed by atoms with Gasteiger partial charge in [0, 0.05) is 37.8 Å². The predicted molar refractivity (Wildman–Crippen MR) is 86.2 cm³/mol. The second kappa shape index (κ2) is 8.59. The number of β-amino-alcohol motifs (C(OH)–C–C–N with tert-alkyl or cyclic N) is 1. The van der Waals surface area contributed by atoms with E-state index in [1.807, 2.05) is 0 Å². The minimum atomic E-state index is -0.577. The number of aliphatic hydroxyl groups excluding tert-OH is 1. The first-order valence-electron chi connectivity index (χ1n) is 7.65. The minimum absolute atomic E-state index is 0.00306. The summed E-state index contributed by atoms with van der Waals surface area (Å²) in [4.78, 5) is 14.3. The lowest BCUT2D eigenvalue weighted by molar-refractivity contribution is 0.0309. The summed E-state index contributed by atoms with van der Waals surface area (Å²) in [6, 6.07) is 3.94. The van der Waals surface area contributed by atoms with E-state index in [-0.39, 0.29) is 11.6 Å². The number of ether oxygens (including phenoxy) is 1. The summed E-state index contributed by atoms with van der Waals surface area (Å²) >= 11 is 5.81. The second-order valence-corrected chi connectivity index (χ2v) is 6.22. The normalized spacial score (nSPS) is 17.9. The Morgan fingerprint density at radius 2 is 2.22 bits per heavy atom. The van der Waals surface area contributed by atoms with Crippen LogP contribution < -0.4 is 5.32 Å². The highest BCUT2D eigenvalue weighted by molar-refractivity contribution is 6.31. The zero-order valence-electron chi connectivity index (χ0n) is 13.1. The number of carbonyl (C=O) groups excluding carboxylic acids is 1. The molecule has 0 bridgehead atoms. The molecule has 0 aliphatic carbocycles. The van der Waals surface area contributed by atoms with E-state index in [0.29, 0.717) is 18.2 Å². The van der Waals surface area contributed by atoms with Crippen molar-refractivity contribution in [3.63, 3.8) is 0 Å². The Bertz CT molecular complexity index is 536. The number of nitrogens with zero attached hydrogens (tertiary/aromatic N) is 1. The highest BCUT2D eigenvalue weighted by atomic mass is 35.5. The standard InChI is InChI=1S/C16H22ClFN2O3/c1-23-10-13(21)9-20-6-4-12(5-7-20)19-16(22)14-8-11(17)2-3-15(14)18/h2-3,8,12-13,21H,4-7,9-10H2,1H3,(H,19,22). The van der Waals surface area contributed by atoms with Crippen LogP contribution in [0.5, 0.6) is 0 Å². The first-order valence-corrected chi connectivity index (χ1v) is 8.02. The Morgan fingerprint density at radius 1 is 1.52 bits per heavy atom. The maximum Gasteiger partial charge on any atom is 0.254 e. The van der Waals surface area contributed by atoms with Crippen molar-refractivity contribution >= 4 is 17.5 Å². The SMILES string of the molecule is COCC(O)CN1CCC(NC(=O)c2cc(Cl)ccc2F)CC1. The van der Waals surface area contributed by atoms with Crippen molar-refractivity contribution < 1.29 is 19.0 Å². The second-order valence-electron chi connectivity index (χ2n) is 5.78. The monoisotopic (exact) mass is 344 g/mol. The van der Waals surface area contributed by atoms with Gasteiger partial charge in [-0.15, -0.1) is 0 Å². The number of amides is 1. The van der Waals surface area contributed by atoms with Gasteiger partial charge in [-0.05, 0) is 31.0 Å². The van der Waals surface area contributed by atoms with Gasteiger partial charge in [0.15, 0.2) is 0 Å². The van der Waals surface area contributed by atoms with Crippen molar-refractivity contribution in [2.24, 2.45) is 0 Å². The Labute approximate surface area is 140 Å². The minimum Gasteiger partial charge on any atom is -0.389 e. The van der Waals surface area contributed by atoms with Crippen LogP contribution in [0.25, 0.3) is 0 Å². The molecule has 1 fully saturated rings. The number of piperidine rings is 1. The molecule has 0 aromatic heterocycles. The molecule has 23 heavy (non-hydrogen) atoms. The summed E-state index contributed by atoms with van der Waals surface area (Å²) in [5, 5.41) is 12.9. The number of methoxy groups -OCH3 is 1. The molecule has 128 valence electrons. The summed E-state index contributed by atoms with van der Waals surface area (Å²) in [5.41, 5.74) is -0.0320. The lowest BCUT2D eigenvalue weighted by atomic mass is 10.0. The Kier molecular flexibility index (Phi) is 6.77. The highest BCUT2D eigenvalue weighted by Crippen LogP contribution is 2.16. The molecule has 1 saturated heterocycles. The van der Waals surface area contributed by atoms with E-state index in [4.69, 9.17) is 16.3 Å². The fourth-order valence-electron chi connectivity index (χ4n) is 2.74. The Hall–Kier alpha value is -1.21. The molecule has 1 aliphatic heterocycles. The lowest BCUT2D eigenvalue weighted by Crippen LogP contribution is -2.47. The van der Waals surface area contributed by atoms with E-state index in [1.54, 1.807) is 7.11 Å². The van der Waals surface area contributed by atoms with Crippen LogP contribution in [0.15, 0.2) is 18.2 Å². The molecule has 1 heterocycles. The molecule has 2 N–H and O–H groups in total. The Morgan fingerprint density at radius 3 is 2.87 bits per heavy atom. The maximum absolute atomic E-state index is 13.7. The molecule has 0 saturated carbocycles. The molecule has 0 radical (unpaired) electrons. The first kappa shape index (κ1) is 18.1. The molecule has 1 atom stereocenters. The van der Waals surface area contributed by atoms with E-state index in [9.17, 15) is 14.3 Å². The third kappa shape index (κ3) is 5.42. The van der Waals surface area contributed by atoms with Gasteiger partial charge in [0.2, 0.25) is 0 Å². The molecule has 1 unspecified atom stereocenters. The number of rotatable bonds is 6. The van der Waals surface area contributed by atoms with Crippen LogP contribution in [0, 0.1) is 5.82 Å². The number of aliphatic hydroxyl groups is 1. The summed E-state index contributed by atoms with van der Waals surface area (Å²) in [6.07, 6.45) is 1.01. The van der Waals surface area contributed by atoms with Gasteiger partial charge in [0.1, 0.15) is 5.82 Å². The molecular formula is C16H22ClFN2O3. The molecule has 1 amide bonds. The summed E-state index contributed by atoms with van der Waals surface area (Å²) in [7, 11) is 1.56. The molecule has 7 heteroatoms. The fraction of sp³-hybridized carbons (Fsp3) is 0.562. The van der Waals surface area contributed by atoms with Crippen LogP contribution in [0.4, 0.5) is 4.39 Å². The number of likely N-dealkylation sites (tertiary alicyclic amines) is 1. The topological polar surface area (TPSA) is 61.8 Å². The van der Waals surface area contributed by atoms with E-state index < -0.39 is 17.8 Å². The number of hydrogen-bond donors (Lipinski definition) is 2. The van der Waals surface area contributed by atoms with Crippen LogP contribution in [-0.2, 0) is 4.74 Å². The van der Waals surface area contributed by atoms with E-state index >= 15 is 0 Å². The molecule has 5 nitrogen and oxygen atoms in total.